The minimum absolute atomic E-state index is 0.144. The minimum atomic E-state index is -3.19. The van der Waals surface area contributed by atoms with Crippen molar-refractivity contribution in [2.75, 3.05) is 12.3 Å². The predicted octanol–water partition coefficient (Wildman–Crippen LogP) is 0.920. The fraction of sp³-hybridized carbons (Fsp3) is 0.364. The summed E-state index contributed by atoms with van der Waals surface area (Å²) in [6.45, 7) is 0.612. The first kappa shape index (κ1) is 12.1. The molecule has 1 fully saturated rings. The van der Waals surface area contributed by atoms with Gasteiger partial charge in [0, 0.05) is 13.1 Å². The molecule has 1 aromatic carbocycles. The Hall–Kier alpha value is -1.40. The molecule has 1 heterocycles. The molecule has 2 rings (SSSR count). The van der Waals surface area contributed by atoms with Gasteiger partial charge in [-0.3, -0.25) is 0 Å². The van der Waals surface area contributed by atoms with Crippen LogP contribution in [0.1, 0.15) is 22.3 Å². The zero-order chi connectivity index (χ0) is 12.5. The van der Waals surface area contributed by atoms with E-state index in [4.69, 9.17) is 5.11 Å². The van der Waals surface area contributed by atoms with Crippen LogP contribution in [0.2, 0.25) is 0 Å². The summed E-state index contributed by atoms with van der Waals surface area (Å²) < 4.78 is 24.6. The lowest BCUT2D eigenvalue weighted by atomic mass is 10.1. The molecule has 0 atom stereocenters. The van der Waals surface area contributed by atoms with Gasteiger partial charge >= 0.3 is 5.97 Å². The summed E-state index contributed by atoms with van der Waals surface area (Å²) in [7, 11) is -3.19. The van der Waals surface area contributed by atoms with Crippen LogP contribution in [0.4, 0.5) is 0 Å². The van der Waals surface area contributed by atoms with Crippen molar-refractivity contribution >= 4 is 16.0 Å². The first-order valence-corrected chi connectivity index (χ1v) is 6.90. The number of nitrogens with zero attached hydrogens (tertiary/aromatic N) is 1. The van der Waals surface area contributed by atoms with Crippen molar-refractivity contribution < 1.29 is 18.3 Å². The molecule has 0 saturated carbocycles. The third kappa shape index (κ3) is 2.48. The molecule has 1 N–H and O–H groups in total. The highest BCUT2D eigenvalue weighted by molar-refractivity contribution is 7.89. The van der Waals surface area contributed by atoms with E-state index in [0.29, 0.717) is 18.5 Å². The summed E-state index contributed by atoms with van der Waals surface area (Å²) in [6.07, 6.45) is 0.609. The summed E-state index contributed by atoms with van der Waals surface area (Å²) >= 11 is 0. The van der Waals surface area contributed by atoms with E-state index in [1.165, 1.54) is 10.4 Å². The third-order valence-electron chi connectivity index (χ3n) is 2.80. The number of hydrogen-bond donors (Lipinski definition) is 1. The normalized spacial score (nSPS) is 19.3. The Morgan fingerprint density at radius 1 is 1.35 bits per heavy atom. The van der Waals surface area contributed by atoms with E-state index in [1.54, 1.807) is 18.2 Å². The number of hydrogen-bond acceptors (Lipinski definition) is 3. The van der Waals surface area contributed by atoms with Crippen LogP contribution in [-0.4, -0.2) is 36.1 Å². The average Bonchev–Trinajstić information content (AvgIpc) is 2.59. The standard InChI is InChI=1S/C11H13NO4S/c13-11(14)10-5-2-1-4-9(10)8-12-6-3-7-17(12,15)16/h1-2,4-5H,3,6-8H2,(H,13,14). The number of carboxylic acid groups (broad SMARTS) is 1. The zero-order valence-electron chi connectivity index (χ0n) is 9.17. The molecule has 17 heavy (non-hydrogen) atoms. The minimum Gasteiger partial charge on any atom is -0.478 e. The van der Waals surface area contributed by atoms with Crippen LogP contribution in [-0.2, 0) is 16.6 Å². The van der Waals surface area contributed by atoms with Gasteiger partial charge in [0.1, 0.15) is 0 Å². The second kappa shape index (κ2) is 4.46. The molecule has 0 aliphatic carbocycles. The molecule has 6 heteroatoms. The van der Waals surface area contributed by atoms with Crippen molar-refractivity contribution in [3.8, 4) is 0 Å². The smallest absolute Gasteiger partial charge is 0.336 e. The lowest BCUT2D eigenvalue weighted by Crippen LogP contribution is -2.26. The third-order valence-corrected chi connectivity index (χ3v) is 4.70. The number of rotatable bonds is 3. The van der Waals surface area contributed by atoms with Crippen LogP contribution >= 0.6 is 0 Å². The van der Waals surface area contributed by atoms with Crippen LogP contribution in [0.25, 0.3) is 0 Å². The maximum Gasteiger partial charge on any atom is 0.336 e. The number of carbonyl (C=O) groups is 1. The van der Waals surface area contributed by atoms with E-state index in [-0.39, 0.29) is 17.9 Å². The molecule has 0 unspecified atom stereocenters. The van der Waals surface area contributed by atoms with Gasteiger partial charge in [-0.2, -0.15) is 4.31 Å². The van der Waals surface area contributed by atoms with Gasteiger partial charge in [-0.15, -0.1) is 0 Å². The second-order valence-corrected chi connectivity index (χ2v) is 6.05. The molecular weight excluding hydrogens is 242 g/mol. The van der Waals surface area contributed by atoms with Crippen LogP contribution in [0.15, 0.2) is 24.3 Å². The van der Waals surface area contributed by atoms with Gasteiger partial charge in [0.25, 0.3) is 0 Å². The van der Waals surface area contributed by atoms with E-state index in [2.05, 4.69) is 0 Å². The van der Waals surface area contributed by atoms with Gasteiger partial charge in [0.05, 0.1) is 11.3 Å². The molecule has 92 valence electrons. The van der Waals surface area contributed by atoms with Gasteiger partial charge in [-0.1, -0.05) is 18.2 Å². The fourth-order valence-electron chi connectivity index (χ4n) is 1.93. The van der Waals surface area contributed by atoms with Gasteiger partial charge < -0.3 is 5.11 Å². The molecule has 0 bridgehead atoms. The van der Waals surface area contributed by atoms with Crippen LogP contribution in [0.5, 0.6) is 0 Å². The molecule has 0 spiro atoms. The van der Waals surface area contributed by atoms with E-state index in [1.807, 2.05) is 0 Å². The number of benzene rings is 1. The maximum absolute atomic E-state index is 11.6. The van der Waals surface area contributed by atoms with Crippen molar-refractivity contribution in [1.82, 2.24) is 4.31 Å². The molecule has 0 amide bonds. The molecule has 1 aromatic rings. The fourth-order valence-corrected chi connectivity index (χ4v) is 3.42. The van der Waals surface area contributed by atoms with Gasteiger partial charge in [0.2, 0.25) is 10.0 Å². The summed E-state index contributed by atoms with van der Waals surface area (Å²) in [5, 5.41) is 9.00. The maximum atomic E-state index is 11.6. The molecule has 0 aromatic heterocycles. The average molecular weight is 255 g/mol. The Balaban J connectivity index is 2.28. The van der Waals surface area contributed by atoms with Gasteiger partial charge in [-0.05, 0) is 18.1 Å². The van der Waals surface area contributed by atoms with Crippen molar-refractivity contribution in [3.63, 3.8) is 0 Å². The highest BCUT2D eigenvalue weighted by Crippen LogP contribution is 2.19. The first-order valence-electron chi connectivity index (χ1n) is 5.30. The van der Waals surface area contributed by atoms with Crippen molar-refractivity contribution in [2.24, 2.45) is 0 Å². The SMILES string of the molecule is O=C(O)c1ccccc1CN1CCCS1(=O)=O. The lowest BCUT2D eigenvalue weighted by Gasteiger charge is -2.15. The molecule has 1 aliphatic heterocycles. The Kier molecular flexibility index (Phi) is 3.17. The van der Waals surface area contributed by atoms with Crippen LogP contribution < -0.4 is 0 Å². The lowest BCUT2D eigenvalue weighted by molar-refractivity contribution is 0.0695. The highest BCUT2D eigenvalue weighted by Gasteiger charge is 2.28. The number of carboxylic acids is 1. The van der Waals surface area contributed by atoms with E-state index < -0.39 is 16.0 Å². The molecule has 5 nitrogen and oxygen atoms in total. The van der Waals surface area contributed by atoms with Crippen molar-refractivity contribution in [2.45, 2.75) is 13.0 Å². The predicted molar refractivity (Wildman–Crippen MR) is 62.2 cm³/mol. The Morgan fingerprint density at radius 2 is 2.06 bits per heavy atom. The largest absolute Gasteiger partial charge is 0.478 e. The van der Waals surface area contributed by atoms with E-state index in [0.717, 1.165) is 0 Å². The van der Waals surface area contributed by atoms with Crippen molar-refractivity contribution in [1.29, 1.82) is 0 Å². The number of aromatic carboxylic acids is 1. The topological polar surface area (TPSA) is 74.7 Å². The van der Waals surface area contributed by atoms with E-state index in [9.17, 15) is 13.2 Å². The Morgan fingerprint density at radius 3 is 2.65 bits per heavy atom. The second-order valence-electron chi connectivity index (χ2n) is 3.97. The van der Waals surface area contributed by atoms with Crippen molar-refractivity contribution in [3.05, 3.63) is 35.4 Å². The Labute approximate surface area is 99.7 Å². The highest BCUT2D eigenvalue weighted by atomic mass is 32.2. The van der Waals surface area contributed by atoms with E-state index >= 15 is 0 Å². The first-order chi connectivity index (χ1) is 8.00. The summed E-state index contributed by atoms with van der Waals surface area (Å²) in [5.41, 5.74) is 0.695. The Bertz CT molecular complexity index is 538. The van der Waals surface area contributed by atoms with Crippen LogP contribution in [0, 0.1) is 0 Å². The number of sulfonamides is 1. The zero-order valence-corrected chi connectivity index (χ0v) is 9.98. The summed E-state index contributed by atoms with van der Waals surface area (Å²) in [5.74, 6) is -0.875. The quantitative estimate of drug-likeness (QED) is 0.871. The molecular formula is C11H13NO4S. The molecule has 0 radical (unpaired) electrons. The molecule has 1 saturated heterocycles. The summed E-state index contributed by atoms with van der Waals surface area (Å²) in [6, 6.07) is 6.48. The van der Waals surface area contributed by atoms with Crippen LogP contribution in [0.3, 0.4) is 0 Å². The van der Waals surface area contributed by atoms with Gasteiger partial charge in [0.15, 0.2) is 0 Å². The summed E-state index contributed by atoms with van der Waals surface area (Å²) in [4.78, 5) is 11.0. The molecule has 1 aliphatic rings. The monoisotopic (exact) mass is 255 g/mol. The van der Waals surface area contributed by atoms with Gasteiger partial charge in [-0.25, -0.2) is 13.2 Å².